The first-order valence-corrected chi connectivity index (χ1v) is 8.59. The summed E-state index contributed by atoms with van der Waals surface area (Å²) in [4.78, 5) is 25.9. The summed E-state index contributed by atoms with van der Waals surface area (Å²) in [5.74, 6) is -0.789. The molecule has 134 valence electrons. The van der Waals surface area contributed by atoms with Crippen LogP contribution in [0, 0.1) is 0 Å². The van der Waals surface area contributed by atoms with E-state index in [9.17, 15) is 9.59 Å². The molecule has 0 N–H and O–H groups in total. The van der Waals surface area contributed by atoms with Gasteiger partial charge in [0, 0.05) is 10.2 Å². The third kappa shape index (κ3) is 8.34. The molecular weight excluding hydrogens is 374 g/mol. The number of ether oxygens (including phenoxy) is 2. The van der Waals surface area contributed by atoms with Gasteiger partial charge in [-0.1, -0.05) is 15.9 Å². The fourth-order valence-corrected chi connectivity index (χ4v) is 2.21. The van der Waals surface area contributed by atoms with Crippen LogP contribution in [0.2, 0.25) is 0 Å². The summed E-state index contributed by atoms with van der Waals surface area (Å²) in [6, 6.07) is 7.37. The molecule has 0 aromatic heterocycles. The van der Waals surface area contributed by atoms with Gasteiger partial charge in [-0.3, -0.25) is 9.59 Å². The Hall–Kier alpha value is -1.56. The Labute approximate surface area is 152 Å². The summed E-state index contributed by atoms with van der Waals surface area (Å²) >= 11 is 3.37. The average Bonchev–Trinajstić information content (AvgIpc) is 2.34. The van der Waals surface area contributed by atoms with Gasteiger partial charge in [0.2, 0.25) is 0 Å². The minimum absolute atomic E-state index is 0.0296. The third-order valence-electron chi connectivity index (χ3n) is 2.67. The molecule has 1 rings (SSSR count). The molecule has 0 saturated heterocycles. The fraction of sp³-hybridized carbons (Fsp3) is 0.556. The SMILES string of the molecule is CC(C)(C)OC(=O)CN(CC(=O)OC(C)(C)C)c1ccc(Br)cc1. The van der Waals surface area contributed by atoms with Gasteiger partial charge in [0.15, 0.2) is 0 Å². The van der Waals surface area contributed by atoms with E-state index >= 15 is 0 Å². The molecule has 0 fully saturated rings. The Morgan fingerprint density at radius 3 is 1.58 bits per heavy atom. The van der Waals surface area contributed by atoms with Crippen LogP contribution < -0.4 is 4.90 Å². The van der Waals surface area contributed by atoms with Crippen LogP contribution in [0.25, 0.3) is 0 Å². The smallest absolute Gasteiger partial charge is 0.326 e. The van der Waals surface area contributed by atoms with Gasteiger partial charge < -0.3 is 14.4 Å². The molecule has 5 nitrogen and oxygen atoms in total. The number of carbonyl (C=O) groups excluding carboxylic acids is 2. The number of halogens is 1. The van der Waals surface area contributed by atoms with Crippen molar-refractivity contribution in [1.29, 1.82) is 0 Å². The van der Waals surface area contributed by atoms with Gasteiger partial charge in [-0.05, 0) is 65.8 Å². The van der Waals surface area contributed by atoms with E-state index in [0.717, 1.165) is 10.2 Å². The first kappa shape index (κ1) is 20.5. The zero-order chi connectivity index (χ0) is 18.5. The van der Waals surface area contributed by atoms with Crippen LogP contribution in [-0.2, 0) is 19.1 Å². The first-order chi connectivity index (χ1) is 10.9. The van der Waals surface area contributed by atoms with Gasteiger partial charge in [-0.2, -0.15) is 0 Å². The van der Waals surface area contributed by atoms with Crippen molar-refractivity contribution in [2.75, 3.05) is 18.0 Å². The summed E-state index contributed by atoms with van der Waals surface area (Å²) in [6.45, 7) is 10.8. The van der Waals surface area contributed by atoms with Gasteiger partial charge >= 0.3 is 11.9 Å². The molecule has 0 aliphatic heterocycles. The van der Waals surface area contributed by atoms with Crippen molar-refractivity contribution in [3.63, 3.8) is 0 Å². The third-order valence-corrected chi connectivity index (χ3v) is 3.20. The fourth-order valence-electron chi connectivity index (χ4n) is 1.95. The van der Waals surface area contributed by atoms with E-state index < -0.39 is 23.1 Å². The Kier molecular flexibility index (Phi) is 6.84. The average molecular weight is 400 g/mol. The lowest BCUT2D eigenvalue weighted by Gasteiger charge is -2.27. The van der Waals surface area contributed by atoms with Crippen LogP contribution >= 0.6 is 15.9 Å². The number of carbonyl (C=O) groups is 2. The van der Waals surface area contributed by atoms with Gasteiger partial charge in [0.05, 0.1) is 0 Å². The Balaban J connectivity index is 2.89. The van der Waals surface area contributed by atoms with Crippen LogP contribution in [0.5, 0.6) is 0 Å². The predicted octanol–water partition coefficient (Wildman–Crippen LogP) is 3.94. The number of anilines is 1. The molecule has 6 heteroatoms. The van der Waals surface area contributed by atoms with Gasteiger partial charge in [0.1, 0.15) is 24.3 Å². The Morgan fingerprint density at radius 2 is 1.25 bits per heavy atom. The number of rotatable bonds is 5. The highest BCUT2D eigenvalue weighted by Gasteiger charge is 2.23. The minimum atomic E-state index is -0.575. The van der Waals surface area contributed by atoms with Crippen LogP contribution in [0.1, 0.15) is 41.5 Å². The largest absolute Gasteiger partial charge is 0.459 e. The lowest BCUT2D eigenvalue weighted by Crippen LogP contribution is -2.40. The molecule has 0 unspecified atom stereocenters. The number of hydrogen-bond acceptors (Lipinski definition) is 5. The normalized spacial score (nSPS) is 11.8. The Morgan fingerprint density at radius 1 is 0.875 bits per heavy atom. The van der Waals surface area contributed by atoms with Gasteiger partial charge in [0.25, 0.3) is 0 Å². The van der Waals surface area contributed by atoms with E-state index in [1.165, 1.54) is 0 Å². The maximum absolute atomic E-state index is 12.2. The summed E-state index contributed by atoms with van der Waals surface area (Å²) in [5, 5.41) is 0. The molecule has 0 aliphatic carbocycles. The second-order valence-electron chi connectivity index (χ2n) is 7.51. The zero-order valence-corrected chi connectivity index (χ0v) is 16.8. The van der Waals surface area contributed by atoms with E-state index in [4.69, 9.17) is 9.47 Å². The number of hydrogen-bond donors (Lipinski definition) is 0. The molecule has 0 saturated carbocycles. The van der Waals surface area contributed by atoms with Crippen LogP contribution in [-0.4, -0.2) is 36.2 Å². The molecule has 0 bridgehead atoms. The molecule has 0 aliphatic rings. The lowest BCUT2D eigenvalue weighted by molar-refractivity contribution is -0.154. The molecule has 1 aromatic carbocycles. The second-order valence-corrected chi connectivity index (χ2v) is 8.42. The van der Waals surface area contributed by atoms with Crippen LogP contribution in [0.15, 0.2) is 28.7 Å². The van der Waals surface area contributed by atoms with E-state index in [1.54, 1.807) is 4.90 Å². The molecular formula is C18H26BrNO4. The molecule has 1 aromatic rings. The van der Waals surface area contributed by atoms with Crippen LogP contribution in [0.4, 0.5) is 5.69 Å². The first-order valence-electron chi connectivity index (χ1n) is 7.80. The van der Waals surface area contributed by atoms with Crippen molar-refractivity contribution in [3.8, 4) is 0 Å². The number of benzene rings is 1. The van der Waals surface area contributed by atoms with Crippen molar-refractivity contribution >= 4 is 33.6 Å². The topological polar surface area (TPSA) is 55.8 Å². The highest BCUT2D eigenvalue weighted by molar-refractivity contribution is 9.10. The second kappa shape index (κ2) is 8.01. The quantitative estimate of drug-likeness (QED) is 0.701. The van der Waals surface area contributed by atoms with Crippen molar-refractivity contribution < 1.29 is 19.1 Å². The highest BCUT2D eigenvalue weighted by atomic mass is 79.9. The molecule has 24 heavy (non-hydrogen) atoms. The predicted molar refractivity (Wildman–Crippen MR) is 98.0 cm³/mol. The van der Waals surface area contributed by atoms with E-state index in [-0.39, 0.29) is 13.1 Å². The monoisotopic (exact) mass is 399 g/mol. The summed E-state index contributed by atoms with van der Waals surface area (Å²) in [7, 11) is 0. The maximum atomic E-state index is 12.2. The summed E-state index contributed by atoms with van der Waals surface area (Å²) in [6.07, 6.45) is 0. The van der Waals surface area contributed by atoms with E-state index in [1.807, 2.05) is 65.8 Å². The van der Waals surface area contributed by atoms with Gasteiger partial charge in [-0.25, -0.2) is 0 Å². The maximum Gasteiger partial charge on any atom is 0.326 e. The van der Waals surface area contributed by atoms with Gasteiger partial charge in [-0.15, -0.1) is 0 Å². The van der Waals surface area contributed by atoms with E-state index in [2.05, 4.69) is 15.9 Å². The zero-order valence-electron chi connectivity index (χ0n) is 15.2. The lowest BCUT2D eigenvalue weighted by atomic mass is 10.2. The standard InChI is InChI=1S/C18H26BrNO4/c1-17(2,3)23-15(21)11-20(12-16(22)24-18(4,5)6)14-9-7-13(19)8-10-14/h7-10H,11-12H2,1-6H3. The summed E-state index contributed by atoms with van der Waals surface area (Å²) < 4.78 is 11.6. The highest BCUT2D eigenvalue weighted by Crippen LogP contribution is 2.19. The Bertz CT molecular complexity index is 540. The van der Waals surface area contributed by atoms with Crippen molar-refractivity contribution in [2.45, 2.75) is 52.7 Å². The van der Waals surface area contributed by atoms with E-state index in [0.29, 0.717) is 0 Å². The molecule has 0 spiro atoms. The number of esters is 2. The molecule has 0 radical (unpaired) electrons. The molecule has 0 amide bonds. The van der Waals surface area contributed by atoms with Crippen molar-refractivity contribution in [1.82, 2.24) is 0 Å². The molecule has 0 heterocycles. The van der Waals surface area contributed by atoms with Crippen molar-refractivity contribution in [2.24, 2.45) is 0 Å². The summed E-state index contributed by atoms with van der Waals surface area (Å²) in [5.41, 5.74) is -0.405. The minimum Gasteiger partial charge on any atom is -0.459 e. The van der Waals surface area contributed by atoms with Crippen LogP contribution in [0.3, 0.4) is 0 Å². The van der Waals surface area contributed by atoms with Crippen molar-refractivity contribution in [3.05, 3.63) is 28.7 Å². The molecule has 0 atom stereocenters. The number of nitrogens with zero attached hydrogens (tertiary/aromatic N) is 1.